The maximum absolute atomic E-state index is 12.0. The molecule has 3 rings (SSSR count). The topological polar surface area (TPSA) is 101 Å². The van der Waals surface area contributed by atoms with Crippen molar-refractivity contribution in [2.24, 2.45) is 0 Å². The molecule has 0 spiro atoms. The summed E-state index contributed by atoms with van der Waals surface area (Å²) in [6.07, 6.45) is 1.62. The number of carbonyl (C=O) groups is 1. The standard InChI is InChI=1S/C17H15N3O4S/c1-12(21)19-20-25(22,23)15-9-7-14(8-10-15)17-18-11-16(24-17)13-5-3-2-4-6-13/h2-11,20H,1H3,(H,19,21). The number of carbonyl (C=O) groups excluding carboxylic acids is 1. The van der Waals surface area contributed by atoms with Crippen molar-refractivity contribution in [2.75, 3.05) is 0 Å². The Labute approximate surface area is 144 Å². The highest BCUT2D eigenvalue weighted by Crippen LogP contribution is 2.26. The summed E-state index contributed by atoms with van der Waals surface area (Å²) in [5, 5.41) is 0. The zero-order valence-corrected chi connectivity index (χ0v) is 14.1. The van der Waals surface area contributed by atoms with Crippen LogP contribution in [0.15, 0.2) is 70.1 Å². The molecule has 128 valence electrons. The second kappa shape index (κ2) is 6.88. The van der Waals surface area contributed by atoms with Crippen molar-refractivity contribution in [2.45, 2.75) is 11.8 Å². The van der Waals surface area contributed by atoms with Gasteiger partial charge >= 0.3 is 0 Å². The van der Waals surface area contributed by atoms with Crippen LogP contribution in [0.25, 0.3) is 22.8 Å². The Morgan fingerprint density at radius 3 is 2.32 bits per heavy atom. The third-order valence-electron chi connectivity index (χ3n) is 3.34. The summed E-state index contributed by atoms with van der Waals surface area (Å²) in [4.78, 5) is 17.1. The summed E-state index contributed by atoms with van der Waals surface area (Å²) in [6, 6.07) is 15.5. The van der Waals surface area contributed by atoms with Crippen LogP contribution >= 0.6 is 0 Å². The Bertz CT molecular complexity index is 980. The van der Waals surface area contributed by atoms with Gasteiger partial charge in [-0.25, -0.2) is 13.4 Å². The van der Waals surface area contributed by atoms with Gasteiger partial charge in [0, 0.05) is 18.1 Å². The Balaban J connectivity index is 1.81. The molecule has 2 aromatic carbocycles. The number of hydrogen-bond acceptors (Lipinski definition) is 5. The highest BCUT2D eigenvalue weighted by molar-refractivity contribution is 7.89. The van der Waals surface area contributed by atoms with Crippen molar-refractivity contribution in [3.05, 3.63) is 60.8 Å². The van der Waals surface area contributed by atoms with Crippen molar-refractivity contribution >= 4 is 15.9 Å². The summed E-state index contributed by atoms with van der Waals surface area (Å²) in [5.41, 5.74) is 3.59. The monoisotopic (exact) mass is 357 g/mol. The minimum absolute atomic E-state index is 0.0137. The number of aromatic nitrogens is 1. The van der Waals surface area contributed by atoms with Crippen LogP contribution in [0.1, 0.15) is 6.92 Å². The lowest BCUT2D eigenvalue weighted by atomic mass is 10.2. The van der Waals surface area contributed by atoms with Gasteiger partial charge in [-0.05, 0) is 24.3 Å². The second-order valence-corrected chi connectivity index (χ2v) is 6.89. The number of oxazole rings is 1. The van der Waals surface area contributed by atoms with Crippen molar-refractivity contribution in [1.82, 2.24) is 15.2 Å². The van der Waals surface area contributed by atoms with E-state index in [4.69, 9.17) is 4.42 Å². The summed E-state index contributed by atoms with van der Waals surface area (Å²) in [5.74, 6) is 0.505. The van der Waals surface area contributed by atoms with Gasteiger partial charge < -0.3 is 4.42 Å². The quantitative estimate of drug-likeness (QED) is 0.683. The number of rotatable bonds is 5. The molecular formula is C17H15N3O4S. The number of benzene rings is 2. The first-order chi connectivity index (χ1) is 12.0. The van der Waals surface area contributed by atoms with E-state index in [0.29, 0.717) is 17.2 Å². The summed E-state index contributed by atoms with van der Waals surface area (Å²) in [6.45, 7) is 1.21. The molecule has 0 aliphatic carbocycles. The SMILES string of the molecule is CC(=O)NNS(=O)(=O)c1ccc(-c2ncc(-c3ccccc3)o2)cc1. The molecule has 0 bridgehead atoms. The number of nitrogens with zero attached hydrogens (tertiary/aromatic N) is 1. The van der Waals surface area contributed by atoms with Gasteiger partial charge in [0.25, 0.3) is 10.0 Å². The van der Waals surface area contributed by atoms with E-state index in [9.17, 15) is 13.2 Å². The molecule has 0 aliphatic heterocycles. The lowest BCUT2D eigenvalue weighted by Crippen LogP contribution is -2.40. The van der Waals surface area contributed by atoms with Gasteiger partial charge in [-0.1, -0.05) is 30.3 Å². The first kappa shape index (κ1) is 16.9. The highest BCUT2D eigenvalue weighted by Gasteiger charge is 2.15. The first-order valence-corrected chi connectivity index (χ1v) is 8.84. The Hall–Kier alpha value is -2.97. The smallest absolute Gasteiger partial charge is 0.257 e. The van der Waals surface area contributed by atoms with Gasteiger partial charge in [0.15, 0.2) is 5.76 Å². The van der Waals surface area contributed by atoms with Crippen LogP contribution in [-0.2, 0) is 14.8 Å². The van der Waals surface area contributed by atoms with E-state index >= 15 is 0 Å². The van der Waals surface area contributed by atoms with Crippen molar-refractivity contribution < 1.29 is 17.6 Å². The third-order valence-corrected chi connectivity index (χ3v) is 4.60. The number of hydrazine groups is 1. The molecule has 25 heavy (non-hydrogen) atoms. The molecule has 0 unspecified atom stereocenters. The fraction of sp³-hybridized carbons (Fsp3) is 0.0588. The molecule has 2 N–H and O–H groups in total. The van der Waals surface area contributed by atoms with Gasteiger partial charge in [-0.2, -0.15) is 0 Å². The fourth-order valence-corrected chi connectivity index (χ4v) is 3.01. The van der Waals surface area contributed by atoms with Gasteiger partial charge in [0.2, 0.25) is 11.8 Å². The van der Waals surface area contributed by atoms with Crippen LogP contribution in [0.4, 0.5) is 0 Å². The molecular weight excluding hydrogens is 342 g/mol. The fourth-order valence-electron chi connectivity index (χ4n) is 2.12. The molecule has 8 heteroatoms. The summed E-state index contributed by atoms with van der Waals surface area (Å²) < 4.78 is 29.7. The molecule has 1 aromatic heterocycles. The minimum Gasteiger partial charge on any atom is -0.436 e. The van der Waals surface area contributed by atoms with Gasteiger partial charge in [0.1, 0.15) is 0 Å². The van der Waals surface area contributed by atoms with Gasteiger partial charge in [-0.15, -0.1) is 4.83 Å². The molecule has 0 radical (unpaired) electrons. The number of hydrogen-bond donors (Lipinski definition) is 2. The first-order valence-electron chi connectivity index (χ1n) is 7.36. The van der Waals surface area contributed by atoms with Crippen molar-refractivity contribution in [3.63, 3.8) is 0 Å². The number of nitrogens with one attached hydrogen (secondary N) is 2. The van der Waals surface area contributed by atoms with E-state index in [1.54, 1.807) is 18.3 Å². The van der Waals surface area contributed by atoms with E-state index in [1.165, 1.54) is 19.1 Å². The van der Waals surface area contributed by atoms with E-state index in [0.717, 1.165) is 5.56 Å². The van der Waals surface area contributed by atoms with Crippen LogP contribution in [0.5, 0.6) is 0 Å². The molecule has 3 aromatic rings. The van der Waals surface area contributed by atoms with Crippen LogP contribution in [0, 0.1) is 0 Å². The molecule has 1 heterocycles. The van der Waals surface area contributed by atoms with E-state index < -0.39 is 15.9 Å². The molecule has 0 saturated carbocycles. The van der Waals surface area contributed by atoms with Crippen LogP contribution in [0.2, 0.25) is 0 Å². The number of sulfonamides is 1. The van der Waals surface area contributed by atoms with Crippen molar-refractivity contribution in [3.8, 4) is 22.8 Å². The molecule has 0 saturated heterocycles. The second-order valence-electron chi connectivity index (χ2n) is 5.21. The molecule has 0 atom stereocenters. The zero-order chi connectivity index (χ0) is 17.9. The maximum atomic E-state index is 12.0. The Morgan fingerprint density at radius 2 is 1.68 bits per heavy atom. The maximum Gasteiger partial charge on any atom is 0.257 e. The third kappa shape index (κ3) is 3.93. The van der Waals surface area contributed by atoms with E-state index in [1.807, 2.05) is 40.6 Å². The lowest BCUT2D eigenvalue weighted by Gasteiger charge is -2.06. The molecule has 0 fully saturated rings. The van der Waals surface area contributed by atoms with E-state index in [2.05, 4.69) is 4.98 Å². The normalized spacial score (nSPS) is 11.2. The highest BCUT2D eigenvalue weighted by atomic mass is 32.2. The summed E-state index contributed by atoms with van der Waals surface area (Å²) in [7, 11) is -3.83. The summed E-state index contributed by atoms with van der Waals surface area (Å²) >= 11 is 0. The number of amides is 1. The van der Waals surface area contributed by atoms with Crippen LogP contribution in [-0.4, -0.2) is 19.3 Å². The van der Waals surface area contributed by atoms with Gasteiger partial charge in [-0.3, -0.25) is 10.2 Å². The van der Waals surface area contributed by atoms with Gasteiger partial charge in [0.05, 0.1) is 11.1 Å². The lowest BCUT2D eigenvalue weighted by molar-refractivity contribution is -0.119. The largest absolute Gasteiger partial charge is 0.436 e. The predicted octanol–water partition coefficient (Wildman–Crippen LogP) is 2.34. The van der Waals surface area contributed by atoms with Crippen LogP contribution in [0.3, 0.4) is 0 Å². The Kier molecular flexibility index (Phi) is 4.64. The van der Waals surface area contributed by atoms with E-state index in [-0.39, 0.29) is 4.90 Å². The molecule has 1 amide bonds. The Morgan fingerprint density at radius 1 is 1.00 bits per heavy atom. The zero-order valence-electron chi connectivity index (χ0n) is 13.3. The van der Waals surface area contributed by atoms with Crippen LogP contribution < -0.4 is 10.3 Å². The average molecular weight is 357 g/mol. The van der Waals surface area contributed by atoms with Crippen molar-refractivity contribution in [1.29, 1.82) is 0 Å². The average Bonchev–Trinajstić information content (AvgIpc) is 3.11. The molecule has 7 nitrogen and oxygen atoms in total. The minimum atomic E-state index is -3.83. The molecule has 0 aliphatic rings. The predicted molar refractivity (Wildman–Crippen MR) is 91.5 cm³/mol.